The predicted molar refractivity (Wildman–Crippen MR) is 100 cm³/mol. The molecule has 0 aromatic heterocycles. The van der Waals surface area contributed by atoms with E-state index in [4.69, 9.17) is 0 Å². The summed E-state index contributed by atoms with van der Waals surface area (Å²) in [5.41, 5.74) is 0.531. The van der Waals surface area contributed by atoms with Crippen LogP contribution in [-0.4, -0.2) is 41.2 Å². The van der Waals surface area contributed by atoms with Gasteiger partial charge in [0, 0.05) is 37.9 Å². The molecule has 0 saturated carbocycles. The van der Waals surface area contributed by atoms with Crippen molar-refractivity contribution < 1.29 is 18.4 Å². The molecule has 2 amide bonds. The number of hydrogen-bond donors (Lipinski definition) is 0. The summed E-state index contributed by atoms with van der Waals surface area (Å²) >= 11 is 0. The van der Waals surface area contributed by atoms with Crippen LogP contribution in [0, 0.1) is 23.5 Å². The molecule has 28 heavy (non-hydrogen) atoms. The standard InChI is InChI=1S/C22H22F2N2O2/c1-2-19(27)26-12-15-11-25(22(28)20-17(23)9-6-10-18(20)24)13-16(15)21(26)14-7-4-3-5-8-14/h3-10,15-16,21H,2,11-13H2,1H3/t15-,16-,21+/m0/s1. The molecule has 0 aliphatic carbocycles. The molecule has 0 unspecified atom stereocenters. The molecule has 2 saturated heterocycles. The Morgan fingerprint density at radius 1 is 0.964 bits per heavy atom. The Hall–Kier alpha value is -2.76. The van der Waals surface area contributed by atoms with Gasteiger partial charge in [0.25, 0.3) is 5.91 Å². The number of hydrogen-bond acceptors (Lipinski definition) is 2. The Morgan fingerprint density at radius 2 is 1.64 bits per heavy atom. The van der Waals surface area contributed by atoms with E-state index in [9.17, 15) is 18.4 Å². The SMILES string of the molecule is CCC(=O)N1C[C@@H]2CN(C(=O)c3c(F)cccc3F)C[C@@H]2[C@H]1c1ccccc1. The molecule has 2 aromatic rings. The molecule has 146 valence electrons. The Bertz CT molecular complexity index is 882. The highest BCUT2D eigenvalue weighted by Gasteiger charge is 2.50. The van der Waals surface area contributed by atoms with Gasteiger partial charge >= 0.3 is 0 Å². The van der Waals surface area contributed by atoms with E-state index in [1.54, 1.807) is 0 Å². The van der Waals surface area contributed by atoms with Gasteiger partial charge in [-0.05, 0) is 17.7 Å². The number of halogens is 2. The van der Waals surface area contributed by atoms with Crippen molar-refractivity contribution in [3.8, 4) is 0 Å². The number of likely N-dealkylation sites (tertiary alicyclic amines) is 2. The third-order valence-electron chi connectivity index (χ3n) is 5.89. The van der Waals surface area contributed by atoms with Crippen LogP contribution in [0.3, 0.4) is 0 Å². The number of nitrogens with zero attached hydrogens (tertiary/aromatic N) is 2. The second kappa shape index (κ2) is 7.34. The Labute approximate surface area is 162 Å². The van der Waals surface area contributed by atoms with Crippen LogP contribution in [0.4, 0.5) is 8.78 Å². The van der Waals surface area contributed by atoms with Crippen molar-refractivity contribution in [2.45, 2.75) is 19.4 Å². The topological polar surface area (TPSA) is 40.6 Å². The molecular formula is C22H22F2N2O2. The lowest BCUT2D eigenvalue weighted by atomic mass is 9.89. The molecular weight excluding hydrogens is 362 g/mol. The van der Waals surface area contributed by atoms with Crippen molar-refractivity contribution in [2.75, 3.05) is 19.6 Å². The maximum atomic E-state index is 14.1. The molecule has 6 heteroatoms. The lowest BCUT2D eigenvalue weighted by Gasteiger charge is -2.30. The van der Waals surface area contributed by atoms with Crippen molar-refractivity contribution in [2.24, 2.45) is 11.8 Å². The summed E-state index contributed by atoms with van der Waals surface area (Å²) in [6, 6.07) is 13.1. The van der Waals surface area contributed by atoms with Gasteiger partial charge in [-0.2, -0.15) is 0 Å². The third-order valence-corrected chi connectivity index (χ3v) is 5.89. The molecule has 4 rings (SSSR count). The number of rotatable bonds is 3. The quantitative estimate of drug-likeness (QED) is 0.811. The van der Waals surface area contributed by atoms with Crippen LogP contribution in [0.2, 0.25) is 0 Å². The molecule has 0 spiro atoms. The average Bonchev–Trinajstić information content (AvgIpc) is 3.25. The maximum Gasteiger partial charge on any atom is 0.259 e. The van der Waals surface area contributed by atoms with Crippen molar-refractivity contribution in [3.63, 3.8) is 0 Å². The van der Waals surface area contributed by atoms with E-state index in [1.165, 1.54) is 11.0 Å². The van der Waals surface area contributed by atoms with E-state index in [2.05, 4.69) is 0 Å². The van der Waals surface area contributed by atoms with E-state index in [-0.39, 0.29) is 23.8 Å². The fourth-order valence-electron chi connectivity index (χ4n) is 4.61. The predicted octanol–water partition coefficient (Wildman–Crippen LogP) is 3.65. The van der Waals surface area contributed by atoms with Gasteiger partial charge in [0.2, 0.25) is 5.91 Å². The molecule has 4 nitrogen and oxygen atoms in total. The van der Waals surface area contributed by atoms with Gasteiger partial charge in [-0.1, -0.05) is 43.3 Å². The van der Waals surface area contributed by atoms with Crippen LogP contribution in [0.15, 0.2) is 48.5 Å². The zero-order valence-electron chi connectivity index (χ0n) is 15.6. The third kappa shape index (κ3) is 3.07. The summed E-state index contributed by atoms with van der Waals surface area (Å²) in [5, 5.41) is 0. The zero-order valence-corrected chi connectivity index (χ0v) is 15.6. The molecule has 0 N–H and O–H groups in total. The van der Waals surface area contributed by atoms with Gasteiger partial charge in [-0.3, -0.25) is 9.59 Å². The monoisotopic (exact) mass is 384 g/mol. The van der Waals surface area contributed by atoms with Crippen LogP contribution >= 0.6 is 0 Å². The maximum absolute atomic E-state index is 14.1. The molecule has 2 aliphatic heterocycles. The summed E-state index contributed by atoms with van der Waals surface area (Å²) in [6.45, 7) is 3.17. The summed E-state index contributed by atoms with van der Waals surface area (Å²) in [5.74, 6) is -2.07. The van der Waals surface area contributed by atoms with Gasteiger partial charge in [0.05, 0.1) is 6.04 Å². The van der Waals surface area contributed by atoms with Crippen LogP contribution in [0.5, 0.6) is 0 Å². The minimum Gasteiger partial charge on any atom is -0.338 e. The molecule has 2 heterocycles. The van der Waals surface area contributed by atoms with E-state index < -0.39 is 23.1 Å². The second-order valence-electron chi connectivity index (χ2n) is 7.49. The summed E-state index contributed by atoms with van der Waals surface area (Å²) < 4.78 is 28.1. The first-order chi connectivity index (χ1) is 13.5. The van der Waals surface area contributed by atoms with Crippen molar-refractivity contribution in [3.05, 3.63) is 71.3 Å². The van der Waals surface area contributed by atoms with Crippen LogP contribution in [0.25, 0.3) is 0 Å². The van der Waals surface area contributed by atoms with E-state index in [0.29, 0.717) is 26.1 Å². The molecule has 2 aromatic carbocycles. The first kappa shape index (κ1) is 18.6. The van der Waals surface area contributed by atoms with Gasteiger partial charge in [-0.25, -0.2) is 8.78 Å². The molecule has 3 atom stereocenters. The van der Waals surface area contributed by atoms with Gasteiger partial charge < -0.3 is 9.80 Å². The highest BCUT2D eigenvalue weighted by Crippen LogP contribution is 2.45. The largest absolute Gasteiger partial charge is 0.338 e. The van der Waals surface area contributed by atoms with Gasteiger partial charge in [0.15, 0.2) is 0 Å². The lowest BCUT2D eigenvalue weighted by molar-refractivity contribution is -0.132. The van der Waals surface area contributed by atoms with Crippen molar-refractivity contribution in [1.82, 2.24) is 9.80 Å². The Balaban J connectivity index is 1.62. The Kier molecular flexibility index (Phi) is 4.87. The van der Waals surface area contributed by atoms with Gasteiger partial charge in [-0.15, -0.1) is 0 Å². The van der Waals surface area contributed by atoms with Crippen LogP contribution < -0.4 is 0 Å². The van der Waals surface area contributed by atoms with E-state index in [1.807, 2.05) is 42.2 Å². The number of carbonyl (C=O) groups is 2. The minimum atomic E-state index is -0.843. The molecule has 2 fully saturated rings. The van der Waals surface area contributed by atoms with Crippen molar-refractivity contribution in [1.29, 1.82) is 0 Å². The highest BCUT2D eigenvalue weighted by atomic mass is 19.1. The highest BCUT2D eigenvalue weighted by molar-refractivity contribution is 5.95. The van der Waals surface area contributed by atoms with E-state index in [0.717, 1.165) is 17.7 Å². The molecule has 0 bridgehead atoms. The normalized spacial score (nSPS) is 23.8. The lowest BCUT2D eigenvalue weighted by Crippen LogP contribution is -2.37. The fourth-order valence-corrected chi connectivity index (χ4v) is 4.61. The number of carbonyl (C=O) groups excluding carboxylic acids is 2. The van der Waals surface area contributed by atoms with Crippen molar-refractivity contribution >= 4 is 11.8 Å². The summed E-state index contributed by atoms with van der Waals surface area (Å²) in [6.07, 6.45) is 0.422. The summed E-state index contributed by atoms with van der Waals surface area (Å²) in [4.78, 5) is 28.7. The average molecular weight is 384 g/mol. The second-order valence-corrected chi connectivity index (χ2v) is 7.49. The molecule has 2 aliphatic rings. The molecule has 0 radical (unpaired) electrons. The first-order valence-corrected chi connectivity index (χ1v) is 9.59. The number of benzene rings is 2. The van der Waals surface area contributed by atoms with E-state index >= 15 is 0 Å². The smallest absolute Gasteiger partial charge is 0.259 e. The number of fused-ring (bicyclic) bond motifs is 1. The summed E-state index contributed by atoms with van der Waals surface area (Å²) in [7, 11) is 0. The fraction of sp³-hybridized carbons (Fsp3) is 0.364. The number of amides is 2. The first-order valence-electron chi connectivity index (χ1n) is 9.59. The zero-order chi connectivity index (χ0) is 19.8. The minimum absolute atomic E-state index is 0.0525. The Morgan fingerprint density at radius 3 is 2.29 bits per heavy atom. The van der Waals surface area contributed by atoms with Crippen LogP contribution in [-0.2, 0) is 4.79 Å². The van der Waals surface area contributed by atoms with Crippen LogP contribution in [0.1, 0.15) is 35.3 Å². The van der Waals surface area contributed by atoms with Gasteiger partial charge in [0.1, 0.15) is 17.2 Å².